The first kappa shape index (κ1) is 23.9. The summed E-state index contributed by atoms with van der Waals surface area (Å²) in [7, 11) is 0. The van der Waals surface area contributed by atoms with Crippen LogP contribution in [0.25, 0.3) is 5.57 Å². The van der Waals surface area contributed by atoms with E-state index >= 15 is 0 Å². The number of hydrogen-bond acceptors (Lipinski definition) is 4. The van der Waals surface area contributed by atoms with Gasteiger partial charge in [0.2, 0.25) is 0 Å². The van der Waals surface area contributed by atoms with E-state index in [9.17, 15) is 15.3 Å². The summed E-state index contributed by atoms with van der Waals surface area (Å²) in [6, 6.07) is 13.6. The lowest BCUT2D eigenvalue weighted by atomic mass is 9.96. The molecule has 2 aromatic carbocycles. The Morgan fingerprint density at radius 3 is 2.33 bits per heavy atom. The fraction of sp³-hybridized carbons (Fsp3) is 0.385. The highest BCUT2D eigenvalue weighted by Crippen LogP contribution is 2.23. The molecule has 0 saturated heterocycles. The van der Waals surface area contributed by atoms with Gasteiger partial charge in [0, 0.05) is 0 Å². The van der Waals surface area contributed by atoms with Crippen LogP contribution in [0.3, 0.4) is 0 Å². The highest BCUT2D eigenvalue weighted by atomic mass is 16.5. The standard InChI is InChI=1S/C26H34O4/c1-4-21(11-8-14-26(29,5-2)6-3)22-10-7-9-20(15-22)19-30-25-13-12-23(17-27)24(16-25)18-28/h7-16,27-29H,4-6,17-19H2,1-3H3/b14-8+,21-11-. The van der Waals surface area contributed by atoms with Gasteiger partial charge in [0.05, 0.1) is 18.8 Å². The number of allylic oxidation sites excluding steroid dienone is 3. The quantitative estimate of drug-likeness (QED) is 0.448. The van der Waals surface area contributed by atoms with Gasteiger partial charge in [-0.05, 0) is 65.3 Å². The molecule has 0 amide bonds. The Bertz CT molecular complexity index is 863. The van der Waals surface area contributed by atoms with Crippen LogP contribution in [-0.2, 0) is 19.8 Å². The summed E-state index contributed by atoms with van der Waals surface area (Å²) in [5.41, 5.74) is 4.00. The van der Waals surface area contributed by atoms with Gasteiger partial charge in [-0.2, -0.15) is 0 Å². The molecule has 4 nitrogen and oxygen atoms in total. The van der Waals surface area contributed by atoms with E-state index in [4.69, 9.17) is 4.74 Å². The molecule has 0 atom stereocenters. The van der Waals surface area contributed by atoms with Crippen molar-refractivity contribution in [2.24, 2.45) is 0 Å². The van der Waals surface area contributed by atoms with E-state index < -0.39 is 5.60 Å². The van der Waals surface area contributed by atoms with Gasteiger partial charge in [-0.25, -0.2) is 0 Å². The van der Waals surface area contributed by atoms with E-state index in [2.05, 4.69) is 25.1 Å². The Hall–Kier alpha value is -2.40. The van der Waals surface area contributed by atoms with Gasteiger partial charge in [0.25, 0.3) is 0 Å². The van der Waals surface area contributed by atoms with Crippen molar-refractivity contribution in [2.45, 2.75) is 65.5 Å². The van der Waals surface area contributed by atoms with Crippen molar-refractivity contribution in [1.82, 2.24) is 0 Å². The third-order valence-corrected chi connectivity index (χ3v) is 5.53. The summed E-state index contributed by atoms with van der Waals surface area (Å²) < 4.78 is 5.90. The molecule has 0 saturated carbocycles. The van der Waals surface area contributed by atoms with Crippen LogP contribution in [-0.4, -0.2) is 20.9 Å². The van der Waals surface area contributed by atoms with Crippen molar-refractivity contribution >= 4 is 5.57 Å². The zero-order chi connectivity index (χ0) is 22.0. The summed E-state index contributed by atoms with van der Waals surface area (Å²) in [5.74, 6) is 0.661. The second-order valence-electron chi connectivity index (χ2n) is 7.45. The molecule has 0 unspecified atom stereocenters. The normalized spacial score (nSPS) is 12.5. The zero-order valence-corrected chi connectivity index (χ0v) is 18.3. The smallest absolute Gasteiger partial charge is 0.120 e. The summed E-state index contributed by atoms with van der Waals surface area (Å²) in [5, 5.41) is 29.2. The maximum absolute atomic E-state index is 10.4. The first-order valence-electron chi connectivity index (χ1n) is 10.6. The first-order valence-corrected chi connectivity index (χ1v) is 10.6. The van der Waals surface area contributed by atoms with Gasteiger partial charge in [-0.1, -0.05) is 63.3 Å². The average molecular weight is 411 g/mol. The number of hydrogen-bond donors (Lipinski definition) is 3. The number of aliphatic hydroxyl groups is 3. The molecule has 0 radical (unpaired) electrons. The van der Waals surface area contributed by atoms with Gasteiger partial charge in [0.1, 0.15) is 12.4 Å². The summed E-state index contributed by atoms with van der Waals surface area (Å²) in [4.78, 5) is 0. The van der Waals surface area contributed by atoms with Gasteiger partial charge in [-0.3, -0.25) is 0 Å². The van der Waals surface area contributed by atoms with Crippen molar-refractivity contribution in [1.29, 1.82) is 0 Å². The summed E-state index contributed by atoms with van der Waals surface area (Å²) >= 11 is 0. The Kier molecular flexibility index (Phi) is 9.31. The molecular formula is C26H34O4. The number of rotatable bonds is 11. The van der Waals surface area contributed by atoms with E-state index in [1.54, 1.807) is 18.2 Å². The lowest BCUT2D eigenvalue weighted by Crippen LogP contribution is -2.22. The highest BCUT2D eigenvalue weighted by molar-refractivity contribution is 5.67. The largest absolute Gasteiger partial charge is 0.489 e. The topological polar surface area (TPSA) is 69.9 Å². The maximum atomic E-state index is 10.4. The Morgan fingerprint density at radius 2 is 1.70 bits per heavy atom. The second-order valence-corrected chi connectivity index (χ2v) is 7.45. The second kappa shape index (κ2) is 11.7. The summed E-state index contributed by atoms with van der Waals surface area (Å²) in [6.07, 6.45) is 8.17. The van der Waals surface area contributed by atoms with Crippen LogP contribution in [0.1, 0.15) is 62.3 Å². The molecule has 0 aromatic heterocycles. The molecule has 0 fully saturated rings. The van der Waals surface area contributed by atoms with E-state index in [-0.39, 0.29) is 13.2 Å². The van der Waals surface area contributed by atoms with Gasteiger partial charge < -0.3 is 20.1 Å². The van der Waals surface area contributed by atoms with Crippen LogP contribution >= 0.6 is 0 Å². The van der Waals surface area contributed by atoms with Crippen LogP contribution in [0.4, 0.5) is 0 Å². The van der Waals surface area contributed by atoms with E-state index in [1.807, 2.05) is 38.1 Å². The SMILES string of the molecule is CC/C(=C/C=C/C(O)(CC)CC)c1cccc(COc2ccc(CO)c(CO)c2)c1. The Morgan fingerprint density at radius 1 is 0.967 bits per heavy atom. The van der Waals surface area contributed by atoms with Crippen molar-refractivity contribution in [3.8, 4) is 5.75 Å². The van der Waals surface area contributed by atoms with Crippen molar-refractivity contribution in [3.63, 3.8) is 0 Å². The lowest BCUT2D eigenvalue weighted by Gasteiger charge is -2.20. The maximum Gasteiger partial charge on any atom is 0.120 e. The predicted molar refractivity (Wildman–Crippen MR) is 122 cm³/mol. The zero-order valence-electron chi connectivity index (χ0n) is 18.3. The molecule has 0 bridgehead atoms. The van der Waals surface area contributed by atoms with E-state index in [1.165, 1.54) is 5.57 Å². The molecule has 0 aliphatic carbocycles. The molecule has 162 valence electrons. The van der Waals surface area contributed by atoms with Crippen LogP contribution in [0, 0.1) is 0 Å². The highest BCUT2D eigenvalue weighted by Gasteiger charge is 2.16. The number of ether oxygens (including phenoxy) is 1. The van der Waals surface area contributed by atoms with Crippen molar-refractivity contribution in [3.05, 3.63) is 82.9 Å². The number of benzene rings is 2. The Balaban J connectivity index is 2.13. The molecule has 2 rings (SSSR count). The molecule has 0 aliphatic rings. The predicted octanol–water partition coefficient (Wildman–Crippen LogP) is 5.15. The minimum Gasteiger partial charge on any atom is -0.489 e. The van der Waals surface area contributed by atoms with E-state index in [0.717, 1.165) is 17.5 Å². The Labute approximate surface area is 180 Å². The van der Waals surface area contributed by atoms with E-state index in [0.29, 0.717) is 36.3 Å². The number of aliphatic hydroxyl groups excluding tert-OH is 2. The average Bonchev–Trinajstić information content (AvgIpc) is 2.80. The minimum atomic E-state index is -0.746. The van der Waals surface area contributed by atoms with Gasteiger partial charge in [0.15, 0.2) is 0 Å². The molecule has 2 aromatic rings. The van der Waals surface area contributed by atoms with Gasteiger partial charge >= 0.3 is 0 Å². The molecule has 0 heterocycles. The fourth-order valence-electron chi connectivity index (χ4n) is 3.27. The molecule has 3 N–H and O–H groups in total. The molecule has 0 spiro atoms. The van der Waals surface area contributed by atoms with Crippen LogP contribution in [0.5, 0.6) is 5.75 Å². The van der Waals surface area contributed by atoms with Crippen LogP contribution < -0.4 is 4.74 Å². The molecular weight excluding hydrogens is 376 g/mol. The lowest BCUT2D eigenvalue weighted by molar-refractivity contribution is 0.0828. The van der Waals surface area contributed by atoms with Crippen molar-refractivity contribution < 1.29 is 20.1 Å². The molecule has 0 aliphatic heterocycles. The third kappa shape index (κ3) is 6.56. The summed E-state index contributed by atoms with van der Waals surface area (Å²) in [6.45, 7) is 6.27. The van der Waals surface area contributed by atoms with Crippen LogP contribution in [0.2, 0.25) is 0 Å². The van der Waals surface area contributed by atoms with Crippen LogP contribution in [0.15, 0.2) is 60.7 Å². The molecule has 4 heteroatoms. The van der Waals surface area contributed by atoms with Gasteiger partial charge in [-0.15, -0.1) is 0 Å². The third-order valence-electron chi connectivity index (χ3n) is 5.53. The fourth-order valence-corrected chi connectivity index (χ4v) is 3.27. The minimum absolute atomic E-state index is 0.104. The monoisotopic (exact) mass is 410 g/mol. The first-order chi connectivity index (χ1) is 14.5. The van der Waals surface area contributed by atoms with Crippen molar-refractivity contribution in [2.75, 3.05) is 0 Å². The molecule has 30 heavy (non-hydrogen) atoms.